The molecule has 0 saturated heterocycles. The molecule has 0 saturated carbocycles. The van der Waals surface area contributed by atoms with E-state index >= 15 is 0 Å². The standard InChI is InChI=1S/C24H25FN2O5S2/c1-17(19-8-14-23(15-9-19)33(2,29)30)26-24(28)20-6-12-22(13-7-20)27(34(3,31)32)16-18-4-10-21(25)11-5-18/h4-15,17H,16H2,1-3H3,(H,26,28)/t17-/m0/s1. The number of sulfone groups is 1. The van der Waals surface area contributed by atoms with Gasteiger partial charge in [-0.1, -0.05) is 24.3 Å². The van der Waals surface area contributed by atoms with Gasteiger partial charge in [-0.25, -0.2) is 21.2 Å². The first-order valence-corrected chi connectivity index (χ1v) is 14.0. The van der Waals surface area contributed by atoms with Gasteiger partial charge in [0.05, 0.1) is 29.4 Å². The third kappa shape index (κ3) is 6.42. The molecule has 0 bridgehead atoms. The fraction of sp³-hybridized carbons (Fsp3) is 0.208. The second-order valence-corrected chi connectivity index (χ2v) is 11.9. The Balaban J connectivity index is 1.73. The van der Waals surface area contributed by atoms with Crippen molar-refractivity contribution in [2.24, 2.45) is 0 Å². The molecule has 1 N–H and O–H groups in total. The topological polar surface area (TPSA) is 101 Å². The van der Waals surface area contributed by atoms with Gasteiger partial charge < -0.3 is 5.32 Å². The van der Waals surface area contributed by atoms with Crippen LogP contribution < -0.4 is 9.62 Å². The fourth-order valence-corrected chi connectivity index (χ4v) is 4.82. The van der Waals surface area contributed by atoms with Crippen molar-refractivity contribution in [3.05, 3.63) is 95.3 Å². The van der Waals surface area contributed by atoms with E-state index in [1.165, 1.54) is 65.0 Å². The maximum atomic E-state index is 13.2. The monoisotopic (exact) mass is 504 g/mol. The number of carbonyl (C=O) groups excluding carboxylic acids is 1. The van der Waals surface area contributed by atoms with Gasteiger partial charge in [-0.3, -0.25) is 9.10 Å². The lowest BCUT2D eigenvalue weighted by Gasteiger charge is -2.23. The lowest BCUT2D eigenvalue weighted by atomic mass is 10.1. The number of anilines is 1. The third-order valence-electron chi connectivity index (χ3n) is 5.21. The smallest absolute Gasteiger partial charge is 0.251 e. The summed E-state index contributed by atoms with van der Waals surface area (Å²) < 4.78 is 62.2. The zero-order valence-corrected chi connectivity index (χ0v) is 20.5. The molecule has 0 fully saturated rings. The summed E-state index contributed by atoms with van der Waals surface area (Å²) in [5.41, 5.74) is 2.05. The van der Waals surface area contributed by atoms with Crippen molar-refractivity contribution in [2.45, 2.75) is 24.4 Å². The summed E-state index contributed by atoms with van der Waals surface area (Å²) in [4.78, 5) is 12.9. The van der Waals surface area contributed by atoms with Crippen molar-refractivity contribution in [1.29, 1.82) is 0 Å². The van der Waals surface area contributed by atoms with Crippen LogP contribution in [0.5, 0.6) is 0 Å². The number of carbonyl (C=O) groups is 1. The molecular weight excluding hydrogens is 479 g/mol. The van der Waals surface area contributed by atoms with Crippen LogP contribution in [-0.4, -0.2) is 35.3 Å². The zero-order valence-electron chi connectivity index (χ0n) is 18.9. The van der Waals surface area contributed by atoms with E-state index in [2.05, 4.69) is 5.32 Å². The van der Waals surface area contributed by atoms with Crippen LogP contribution in [-0.2, 0) is 26.4 Å². The molecule has 1 atom stereocenters. The van der Waals surface area contributed by atoms with Crippen molar-refractivity contribution in [2.75, 3.05) is 16.8 Å². The van der Waals surface area contributed by atoms with Gasteiger partial charge in [-0.2, -0.15) is 0 Å². The maximum Gasteiger partial charge on any atom is 0.251 e. The number of halogens is 1. The molecule has 1 amide bonds. The lowest BCUT2D eigenvalue weighted by molar-refractivity contribution is 0.0940. The number of sulfonamides is 1. The molecular formula is C24H25FN2O5S2. The predicted molar refractivity (Wildman–Crippen MR) is 129 cm³/mol. The predicted octanol–water partition coefficient (Wildman–Crippen LogP) is 3.69. The molecule has 34 heavy (non-hydrogen) atoms. The number of benzene rings is 3. The Morgan fingerprint density at radius 2 is 1.44 bits per heavy atom. The number of hydrogen-bond acceptors (Lipinski definition) is 5. The van der Waals surface area contributed by atoms with E-state index in [4.69, 9.17) is 0 Å². The number of nitrogens with one attached hydrogen (secondary N) is 1. The molecule has 180 valence electrons. The van der Waals surface area contributed by atoms with Crippen molar-refractivity contribution in [3.63, 3.8) is 0 Å². The van der Waals surface area contributed by atoms with Crippen molar-refractivity contribution >= 4 is 31.5 Å². The molecule has 0 aliphatic carbocycles. The Bertz CT molecular complexity index is 1370. The van der Waals surface area contributed by atoms with Crippen molar-refractivity contribution in [1.82, 2.24) is 5.32 Å². The molecule has 0 unspecified atom stereocenters. The van der Waals surface area contributed by atoms with E-state index < -0.39 is 25.7 Å². The highest BCUT2D eigenvalue weighted by molar-refractivity contribution is 7.92. The minimum atomic E-state index is -3.63. The van der Waals surface area contributed by atoms with Crippen LogP contribution in [0.3, 0.4) is 0 Å². The summed E-state index contributed by atoms with van der Waals surface area (Å²) in [5.74, 6) is -0.777. The fourth-order valence-electron chi connectivity index (χ4n) is 3.30. The molecule has 0 aliphatic rings. The van der Waals surface area contributed by atoms with Gasteiger partial charge in [-0.05, 0) is 66.6 Å². The van der Waals surface area contributed by atoms with Crippen LogP contribution in [0.2, 0.25) is 0 Å². The zero-order chi connectivity index (χ0) is 25.1. The highest BCUT2D eigenvalue weighted by atomic mass is 32.2. The van der Waals surface area contributed by atoms with Gasteiger partial charge in [0.25, 0.3) is 5.91 Å². The van der Waals surface area contributed by atoms with Gasteiger partial charge in [0.15, 0.2) is 9.84 Å². The molecule has 3 aromatic carbocycles. The normalized spacial score (nSPS) is 12.7. The average Bonchev–Trinajstić information content (AvgIpc) is 2.77. The maximum absolute atomic E-state index is 13.2. The molecule has 3 aromatic rings. The molecule has 0 radical (unpaired) electrons. The van der Waals surface area contributed by atoms with E-state index in [1.807, 2.05) is 0 Å². The van der Waals surface area contributed by atoms with Crippen molar-refractivity contribution in [3.8, 4) is 0 Å². The highest BCUT2D eigenvalue weighted by Gasteiger charge is 2.19. The van der Waals surface area contributed by atoms with Gasteiger partial charge in [0, 0.05) is 11.8 Å². The Kier molecular flexibility index (Phi) is 7.42. The van der Waals surface area contributed by atoms with Crippen molar-refractivity contribution < 1.29 is 26.0 Å². The molecule has 7 nitrogen and oxygen atoms in total. The average molecular weight is 505 g/mol. The van der Waals surface area contributed by atoms with Crippen LogP contribution in [0.25, 0.3) is 0 Å². The first kappa shape index (κ1) is 25.4. The van der Waals surface area contributed by atoms with Gasteiger partial charge >= 0.3 is 0 Å². The SMILES string of the molecule is C[C@H](NC(=O)c1ccc(N(Cc2ccc(F)cc2)S(C)(=O)=O)cc1)c1ccc(S(C)(=O)=O)cc1. The van der Waals surface area contributed by atoms with E-state index in [0.29, 0.717) is 16.8 Å². The molecule has 0 aromatic heterocycles. The first-order chi connectivity index (χ1) is 15.8. The molecule has 0 aliphatic heterocycles. The second kappa shape index (κ2) is 9.94. The summed E-state index contributed by atoms with van der Waals surface area (Å²) in [7, 11) is -6.94. The van der Waals surface area contributed by atoms with Crippen LogP contribution in [0.4, 0.5) is 10.1 Å². The van der Waals surface area contributed by atoms with Gasteiger partial charge in [0.1, 0.15) is 5.82 Å². The van der Waals surface area contributed by atoms with Crippen LogP contribution in [0.15, 0.2) is 77.7 Å². The largest absolute Gasteiger partial charge is 0.346 e. The number of hydrogen-bond donors (Lipinski definition) is 1. The summed E-state index contributed by atoms with van der Waals surface area (Å²) >= 11 is 0. The van der Waals surface area contributed by atoms with Gasteiger partial charge in [0.2, 0.25) is 10.0 Å². The Hall–Kier alpha value is -3.24. The minimum Gasteiger partial charge on any atom is -0.346 e. The molecule has 3 rings (SSSR count). The summed E-state index contributed by atoms with van der Waals surface area (Å²) in [6, 6.07) is 17.5. The van der Waals surface area contributed by atoms with E-state index in [9.17, 15) is 26.0 Å². The highest BCUT2D eigenvalue weighted by Crippen LogP contribution is 2.22. The van der Waals surface area contributed by atoms with Gasteiger partial charge in [-0.15, -0.1) is 0 Å². The lowest BCUT2D eigenvalue weighted by Crippen LogP contribution is -2.29. The number of amides is 1. The Labute approximate surface area is 199 Å². The summed E-state index contributed by atoms with van der Waals surface area (Å²) in [5, 5.41) is 2.84. The molecule has 10 heteroatoms. The van der Waals surface area contributed by atoms with Crippen LogP contribution in [0, 0.1) is 5.82 Å². The van der Waals surface area contributed by atoms with E-state index in [-0.39, 0.29) is 23.4 Å². The Morgan fingerprint density at radius 1 is 0.882 bits per heavy atom. The van der Waals surface area contributed by atoms with Crippen LogP contribution >= 0.6 is 0 Å². The summed E-state index contributed by atoms with van der Waals surface area (Å²) in [6.07, 6.45) is 2.20. The quantitative estimate of drug-likeness (QED) is 0.504. The first-order valence-electron chi connectivity index (χ1n) is 10.3. The summed E-state index contributed by atoms with van der Waals surface area (Å²) in [6.45, 7) is 1.79. The number of rotatable bonds is 8. The minimum absolute atomic E-state index is 0.0190. The molecule has 0 heterocycles. The number of nitrogens with zero attached hydrogens (tertiary/aromatic N) is 1. The van der Waals surface area contributed by atoms with E-state index in [1.54, 1.807) is 19.1 Å². The molecule has 0 spiro atoms. The van der Waals surface area contributed by atoms with Crippen LogP contribution in [0.1, 0.15) is 34.5 Å². The third-order valence-corrected chi connectivity index (χ3v) is 7.48. The Morgan fingerprint density at radius 3 is 1.94 bits per heavy atom. The van der Waals surface area contributed by atoms with E-state index in [0.717, 1.165) is 18.1 Å². The second-order valence-electron chi connectivity index (χ2n) is 7.98.